The van der Waals surface area contributed by atoms with Crippen molar-refractivity contribution < 1.29 is 27.9 Å². The number of ether oxygens (including phenoxy) is 1. The molecule has 1 aromatic rings. The van der Waals surface area contributed by atoms with Gasteiger partial charge in [-0.2, -0.15) is 4.31 Å². The van der Waals surface area contributed by atoms with E-state index < -0.39 is 40.5 Å². The van der Waals surface area contributed by atoms with Gasteiger partial charge in [-0.05, 0) is 24.1 Å². The molecular formula is C16H22N2O6S. The summed E-state index contributed by atoms with van der Waals surface area (Å²) in [5, 5.41) is 9.71. The molecule has 0 radical (unpaired) electrons. The summed E-state index contributed by atoms with van der Waals surface area (Å²) < 4.78 is 30.0. The van der Waals surface area contributed by atoms with Crippen LogP contribution >= 0.6 is 0 Å². The van der Waals surface area contributed by atoms with Gasteiger partial charge >= 0.3 is 5.97 Å². The van der Waals surface area contributed by atoms with Crippen LogP contribution in [0, 0.1) is 0 Å². The van der Waals surface area contributed by atoms with E-state index in [9.17, 15) is 23.1 Å². The number of aliphatic carboxylic acids is 1. The van der Waals surface area contributed by atoms with Crippen LogP contribution in [-0.4, -0.2) is 67.1 Å². The van der Waals surface area contributed by atoms with Crippen molar-refractivity contribution in [2.45, 2.75) is 25.4 Å². The van der Waals surface area contributed by atoms with Crippen LogP contribution in [0.15, 0.2) is 24.3 Å². The molecule has 2 atom stereocenters. The van der Waals surface area contributed by atoms with Gasteiger partial charge in [-0.25, -0.2) is 8.42 Å². The first kappa shape index (κ1) is 19.2. The van der Waals surface area contributed by atoms with Gasteiger partial charge in [0.1, 0.15) is 11.8 Å². The smallest absolute Gasteiger partial charge is 0.324 e. The number of amides is 1. The van der Waals surface area contributed by atoms with Crippen LogP contribution in [0.2, 0.25) is 0 Å². The second-order valence-electron chi connectivity index (χ2n) is 5.90. The van der Waals surface area contributed by atoms with Gasteiger partial charge in [0, 0.05) is 6.54 Å². The molecule has 9 heteroatoms. The highest BCUT2D eigenvalue weighted by molar-refractivity contribution is 7.88. The van der Waals surface area contributed by atoms with E-state index in [1.807, 2.05) is 6.92 Å². The Hall–Kier alpha value is -2.13. The summed E-state index contributed by atoms with van der Waals surface area (Å²) in [6.45, 7) is 1.75. The zero-order chi connectivity index (χ0) is 18.8. The highest BCUT2D eigenvalue weighted by Gasteiger charge is 2.48. The predicted molar refractivity (Wildman–Crippen MR) is 90.7 cm³/mol. The largest absolute Gasteiger partial charge is 0.497 e. The zero-order valence-electron chi connectivity index (χ0n) is 14.4. The second-order valence-corrected chi connectivity index (χ2v) is 7.83. The van der Waals surface area contributed by atoms with E-state index in [-0.39, 0.29) is 0 Å². The predicted octanol–water partition coefficient (Wildman–Crippen LogP) is 0.703. The van der Waals surface area contributed by atoms with Crippen molar-refractivity contribution in [2.24, 2.45) is 0 Å². The van der Waals surface area contributed by atoms with Crippen LogP contribution in [0.25, 0.3) is 0 Å². The molecule has 0 aliphatic carbocycles. The van der Waals surface area contributed by atoms with E-state index in [0.29, 0.717) is 24.3 Å². The number of methoxy groups -OCH3 is 1. The lowest BCUT2D eigenvalue weighted by Gasteiger charge is -2.44. The van der Waals surface area contributed by atoms with Crippen LogP contribution < -0.4 is 4.74 Å². The molecule has 1 amide bonds. The first-order valence-electron chi connectivity index (χ1n) is 7.83. The summed E-state index contributed by atoms with van der Waals surface area (Å²) in [7, 11) is -2.36. The maximum atomic E-state index is 12.5. The topological polar surface area (TPSA) is 104 Å². The van der Waals surface area contributed by atoms with Gasteiger partial charge in [-0.1, -0.05) is 19.1 Å². The van der Waals surface area contributed by atoms with Crippen molar-refractivity contribution in [3.8, 4) is 5.75 Å². The van der Waals surface area contributed by atoms with Crippen molar-refractivity contribution in [3.63, 3.8) is 0 Å². The van der Waals surface area contributed by atoms with Gasteiger partial charge in [0.05, 0.1) is 26.0 Å². The monoisotopic (exact) mass is 370 g/mol. The molecule has 0 aromatic heterocycles. The van der Waals surface area contributed by atoms with Crippen LogP contribution in [0.4, 0.5) is 0 Å². The Morgan fingerprint density at radius 1 is 1.32 bits per heavy atom. The molecule has 25 heavy (non-hydrogen) atoms. The zero-order valence-corrected chi connectivity index (χ0v) is 15.2. The van der Waals surface area contributed by atoms with Crippen LogP contribution in [0.3, 0.4) is 0 Å². The molecule has 0 saturated carbocycles. The van der Waals surface area contributed by atoms with Crippen molar-refractivity contribution in [2.75, 3.05) is 26.5 Å². The van der Waals surface area contributed by atoms with Crippen molar-refractivity contribution in [1.82, 2.24) is 9.21 Å². The Morgan fingerprint density at radius 2 is 1.92 bits per heavy atom. The van der Waals surface area contributed by atoms with Crippen molar-refractivity contribution in [3.05, 3.63) is 29.8 Å². The van der Waals surface area contributed by atoms with Crippen molar-refractivity contribution >= 4 is 21.9 Å². The van der Waals surface area contributed by atoms with Crippen LogP contribution in [0.1, 0.15) is 24.9 Å². The number of carbonyl (C=O) groups is 2. The number of hydrogen-bond donors (Lipinski definition) is 1. The molecule has 1 aliphatic heterocycles. The maximum Gasteiger partial charge on any atom is 0.324 e. The van der Waals surface area contributed by atoms with Crippen LogP contribution in [-0.2, 0) is 19.6 Å². The quantitative estimate of drug-likeness (QED) is 0.791. The average molecular weight is 370 g/mol. The summed E-state index contributed by atoms with van der Waals surface area (Å²) in [5.41, 5.74) is 0.545. The van der Waals surface area contributed by atoms with E-state index in [0.717, 1.165) is 10.6 Å². The molecule has 0 bridgehead atoms. The fraction of sp³-hybridized carbons (Fsp3) is 0.500. The van der Waals surface area contributed by atoms with Gasteiger partial charge in [-0.3, -0.25) is 9.59 Å². The third-order valence-electron chi connectivity index (χ3n) is 4.16. The molecule has 138 valence electrons. The number of benzene rings is 1. The molecule has 8 nitrogen and oxygen atoms in total. The Balaban J connectivity index is 2.58. The number of hydrogen-bond acceptors (Lipinski definition) is 5. The molecule has 1 fully saturated rings. The van der Waals surface area contributed by atoms with Gasteiger partial charge in [0.25, 0.3) is 0 Å². The first-order chi connectivity index (χ1) is 11.7. The molecule has 1 N–H and O–H groups in total. The number of nitrogens with zero attached hydrogens (tertiary/aromatic N) is 2. The lowest BCUT2D eigenvalue weighted by Crippen LogP contribution is -2.61. The summed E-state index contributed by atoms with van der Waals surface area (Å²) in [5.74, 6) is -1.12. The number of carboxylic acid groups (broad SMARTS) is 1. The summed E-state index contributed by atoms with van der Waals surface area (Å²) in [4.78, 5) is 25.9. The Kier molecular flexibility index (Phi) is 5.69. The summed E-state index contributed by atoms with van der Waals surface area (Å²) in [6, 6.07) is 4.33. The Bertz CT molecular complexity index is 746. The Morgan fingerprint density at radius 3 is 2.36 bits per heavy atom. The number of rotatable bonds is 6. The molecule has 1 saturated heterocycles. The van der Waals surface area contributed by atoms with E-state index in [1.165, 1.54) is 12.0 Å². The van der Waals surface area contributed by atoms with E-state index in [1.54, 1.807) is 24.3 Å². The number of sulfonamides is 1. The molecular weight excluding hydrogens is 348 g/mol. The fourth-order valence-electron chi connectivity index (χ4n) is 3.06. The molecule has 2 unspecified atom stereocenters. The molecule has 0 spiro atoms. The van der Waals surface area contributed by atoms with E-state index in [4.69, 9.17) is 4.74 Å². The van der Waals surface area contributed by atoms with E-state index in [2.05, 4.69) is 0 Å². The van der Waals surface area contributed by atoms with Gasteiger partial charge in [0.2, 0.25) is 15.9 Å². The van der Waals surface area contributed by atoms with Gasteiger partial charge < -0.3 is 14.7 Å². The Labute approximate surface area is 147 Å². The number of carboxylic acids is 1. The van der Waals surface area contributed by atoms with Crippen LogP contribution in [0.5, 0.6) is 5.75 Å². The first-order valence-corrected chi connectivity index (χ1v) is 9.68. The average Bonchev–Trinajstić information content (AvgIpc) is 2.55. The minimum absolute atomic E-state index is 0.344. The van der Waals surface area contributed by atoms with Crippen molar-refractivity contribution in [1.29, 1.82) is 0 Å². The SMILES string of the molecule is CCCN1C(=O)CN(S(C)(=O)=O)C(C(=O)O)C1c1ccc(OC)cc1. The molecule has 1 heterocycles. The minimum atomic E-state index is -3.86. The summed E-state index contributed by atoms with van der Waals surface area (Å²) in [6.07, 6.45) is 1.54. The minimum Gasteiger partial charge on any atom is -0.497 e. The number of carbonyl (C=O) groups excluding carboxylic acids is 1. The summed E-state index contributed by atoms with van der Waals surface area (Å²) >= 11 is 0. The highest BCUT2D eigenvalue weighted by Crippen LogP contribution is 2.34. The normalized spacial score (nSPS) is 22.0. The maximum absolute atomic E-state index is 12.5. The third kappa shape index (κ3) is 3.93. The van der Waals surface area contributed by atoms with Gasteiger partial charge in [0.15, 0.2) is 0 Å². The molecule has 2 rings (SSSR count). The lowest BCUT2D eigenvalue weighted by molar-refractivity contribution is -0.153. The second kappa shape index (κ2) is 7.40. The molecule has 1 aromatic carbocycles. The standard InChI is InChI=1S/C16H22N2O6S/c1-4-9-17-13(19)10-18(25(3,22)23)15(16(20)21)14(17)11-5-7-12(24-2)8-6-11/h5-8,14-15H,4,9-10H2,1-3H3,(H,20,21). The fourth-order valence-corrected chi connectivity index (χ4v) is 4.02. The highest BCUT2D eigenvalue weighted by atomic mass is 32.2. The van der Waals surface area contributed by atoms with E-state index >= 15 is 0 Å². The lowest BCUT2D eigenvalue weighted by atomic mass is 9.94. The molecule has 1 aliphatic rings. The third-order valence-corrected chi connectivity index (χ3v) is 5.37. The van der Waals surface area contributed by atoms with Gasteiger partial charge in [-0.15, -0.1) is 0 Å². The number of piperazine rings is 1.